The molecule has 3 aliphatic heterocycles. The molecule has 29 heavy (non-hydrogen) atoms. The zero-order valence-corrected chi connectivity index (χ0v) is 16.2. The number of halogens is 2. The van der Waals surface area contributed by atoms with Gasteiger partial charge >= 0.3 is 0 Å². The summed E-state index contributed by atoms with van der Waals surface area (Å²) in [5, 5.41) is 0.432. The SMILES string of the molecule is O=C(c1ccc(F)cc1)C1C2C(=O)N(c3cccc(Cl)c3)C(=O)C2C2CCCN21. The molecule has 2 aromatic rings. The van der Waals surface area contributed by atoms with Crippen LogP contribution in [0.5, 0.6) is 0 Å². The number of fused-ring (bicyclic) bond motifs is 3. The van der Waals surface area contributed by atoms with Gasteiger partial charge in [0.15, 0.2) is 5.78 Å². The van der Waals surface area contributed by atoms with Crippen LogP contribution in [0.15, 0.2) is 48.5 Å². The lowest BCUT2D eigenvalue weighted by Crippen LogP contribution is -2.46. The fourth-order valence-corrected chi connectivity index (χ4v) is 5.35. The smallest absolute Gasteiger partial charge is 0.239 e. The predicted molar refractivity (Wildman–Crippen MR) is 105 cm³/mol. The van der Waals surface area contributed by atoms with E-state index in [1.54, 1.807) is 24.3 Å². The Labute approximate surface area is 172 Å². The molecule has 4 unspecified atom stereocenters. The van der Waals surface area contributed by atoms with E-state index in [1.807, 2.05) is 4.90 Å². The summed E-state index contributed by atoms with van der Waals surface area (Å²) in [6, 6.07) is 11.1. The zero-order valence-electron chi connectivity index (χ0n) is 15.4. The largest absolute Gasteiger partial charge is 0.292 e. The number of nitrogens with zero attached hydrogens (tertiary/aromatic N) is 2. The molecule has 0 radical (unpaired) electrons. The van der Waals surface area contributed by atoms with Crippen molar-refractivity contribution in [1.29, 1.82) is 0 Å². The molecule has 3 heterocycles. The first kappa shape index (κ1) is 18.5. The second-order valence-corrected chi connectivity index (χ2v) is 8.24. The molecule has 0 bridgehead atoms. The Balaban J connectivity index is 1.55. The minimum absolute atomic E-state index is 0.130. The molecule has 0 aromatic heterocycles. The third-order valence-electron chi connectivity index (χ3n) is 6.32. The molecule has 2 amide bonds. The van der Waals surface area contributed by atoms with E-state index in [2.05, 4.69) is 0 Å². The maximum atomic E-state index is 13.4. The van der Waals surface area contributed by atoms with Crippen molar-refractivity contribution in [3.63, 3.8) is 0 Å². The van der Waals surface area contributed by atoms with Crippen LogP contribution in [0, 0.1) is 17.7 Å². The van der Waals surface area contributed by atoms with Gasteiger partial charge in [-0.1, -0.05) is 17.7 Å². The molecule has 0 N–H and O–H groups in total. The molecule has 4 atom stereocenters. The van der Waals surface area contributed by atoms with Gasteiger partial charge in [0.05, 0.1) is 23.6 Å². The number of carbonyl (C=O) groups excluding carboxylic acids is 3. The average Bonchev–Trinajstić information content (AvgIpc) is 3.34. The highest BCUT2D eigenvalue weighted by Gasteiger charge is 2.64. The minimum atomic E-state index is -0.732. The lowest BCUT2D eigenvalue weighted by molar-refractivity contribution is -0.123. The van der Waals surface area contributed by atoms with Gasteiger partial charge in [0.1, 0.15) is 5.82 Å². The third-order valence-corrected chi connectivity index (χ3v) is 6.55. The number of imide groups is 1. The number of hydrogen-bond donors (Lipinski definition) is 0. The summed E-state index contributed by atoms with van der Waals surface area (Å²) in [5.41, 5.74) is 0.781. The fourth-order valence-electron chi connectivity index (χ4n) is 5.17. The van der Waals surface area contributed by atoms with Crippen LogP contribution in [0.3, 0.4) is 0 Å². The second-order valence-electron chi connectivity index (χ2n) is 7.81. The Morgan fingerprint density at radius 3 is 2.48 bits per heavy atom. The molecule has 3 saturated heterocycles. The topological polar surface area (TPSA) is 57.7 Å². The van der Waals surface area contributed by atoms with E-state index in [4.69, 9.17) is 11.6 Å². The maximum Gasteiger partial charge on any atom is 0.239 e. The molecule has 0 spiro atoms. The Bertz CT molecular complexity index is 1020. The summed E-state index contributed by atoms with van der Waals surface area (Å²) in [6.45, 7) is 0.674. The zero-order chi connectivity index (χ0) is 20.3. The third kappa shape index (κ3) is 2.74. The van der Waals surface area contributed by atoms with Gasteiger partial charge in [-0.25, -0.2) is 9.29 Å². The van der Waals surface area contributed by atoms with Crippen molar-refractivity contribution in [3.8, 4) is 0 Å². The van der Waals surface area contributed by atoms with Gasteiger partial charge in [-0.3, -0.25) is 19.3 Å². The van der Waals surface area contributed by atoms with Gasteiger partial charge in [-0.2, -0.15) is 0 Å². The molecule has 5 nitrogen and oxygen atoms in total. The minimum Gasteiger partial charge on any atom is -0.292 e. The highest BCUT2D eigenvalue weighted by atomic mass is 35.5. The van der Waals surface area contributed by atoms with Crippen LogP contribution in [0.1, 0.15) is 23.2 Å². The van der Waals surface area contributed by atoms with E-state index >= 15 is 0 Å². The van der Waals surface area contributed by atoms with Crippen LogP contribution in [-0.2, 0) is 9.59 Å². The number of rotatable bonds is 3. The van der Waals surface area contributed by atoms with Crippen molar-refractivity contribution in [2.24, 2.45) is 11.8 Å². The Kier molecular flexibility index (Phi) is 4.29. The first-order valence-electron chi connectivity index (χ1n) is 9.66. The summed E-state index contributed by atoms with van der Waals surface area (Å²) >= 11 is 6.06. The number of Topliss-reactive ketones (excluding diaryl/α,β-unsaturated/α-hetero) is 1. The first-order chi connectivity index (χ1) is 14.0. The quantitative estimate of drug-likeness (QED) is 0.573. The van der Waals surface area contributed by atoms with E-state index in [0.717, 1.165) is 12.8 Å². The van der Waals surface area contributed by atoms with Gasteiger partial charge < -0.3 is 0 Å². The van der Waals surface area contributed by atoms with E-state index < -0.39 is 23.7 Å². The number of ketones is 1. The normalized spacial score (nSPS) is 28.7. The second kappa shape index (κ2) is 6.75. The van der Waals surface area contributed by atoms with Crippen LogP contribution < -0.4 is 4.90 Å². The Morgan fingerprint density at radius 1 is 1.03 bits per heavy atom. The van der Waals surface area contributed by atoms with Gasteiger partial charge in [0.25, 0.3) is 0 Å². The summed E-state index contributed by atoms with van der Waals surface area (Å²) in [7, 11) is 0. The Morgan fingerprint density at radius 2 is 1.76 bits per heavy atom. The van der Waals surface area contributed by atoms with Crippen molar-refractivity contribution >= 4 is 34.9 Å². The standard InChI is InChI=1S/C22H18ClFN2O3/c23-13-3-1-4-15(11-13)26-21(28)17-16-5-2-10-25(16)19(18(17)22(26)29)20(27)12-6-8-14(24)9-7-12/h1,3-4,6-9,11,16-19H,2,5,10H2. The molecular weight excluding hydrogens is 395 g/mol. The molecular formula is C22H18ClFN2O3. The van der Waals surface area contributed by atoms with Crippen LogP contribution in [0.25, 0.3) is 0 Å². The molecule has 5 rings (SSSR count). The number of carbonyl (C=O) groups is 3. The number of amides is 2. The lowest BCUT2D eigenvalue weighted by atomic mass is 9.85. The number of anilines is 1. The first-order valence-corrected chi connectivity index (χ1v) is 10.0. The van der Waals surface area contributed by atoms with Crippen molar-refractivity contribution in [2.75, 3.05) is 11.4 Å². The number of benzene rings is 2. The van der Waals surface area contributed by atoms with Crippen LogP contribution in [0.4, 0.5) is 10.1 Å². The predicted octanol–water partition coefficient (Wildman–Crippen LogP) is 3.31. The molecule has 3 aliphatic rings. The van der Waals surface area contributed by atoms with Gasteiger partial charge in [0.2, 0.25) is 11.8 Å². The highest BCUT2D eigenvalue weighted by molar-refractivity contribution is 6.31. The maximum absolute atomic E-state index is 13.4. The summed E-state index contributed by atoms with van der Waals surface area (Å²) in [5.74, 6) is -2.57. The summed E-state index contributed by atoms with van der Waals surface area (Å²) < 4.78 is 13.3. The Hall–Kier alpha value is -2.57. The molecule has 0 saturated carbocycles. The highest BCUT2D eigenvalue weighted by Crippen LogP contribution is 2.48. The molecule has 3 fully saturated rings. The van der Waals surface area contributed by atoms with E-state index in [0.29, 0.717) is 22.8 Å². The van der Waals surface area contributed by atoms with Crippen molar-refractivity contribution in [2.45, 2.75) is 24.9 Å². The average molecular weight is 413 g/mol. The van der Waals surface area contributed by atoms with E-state index in [9.17, 15) is 18.8 Å². The van der Waals surface area contributed by atoms with Crippen molar-refractivity contribution < 1.29 is 18.8 Å². The summed E-state index contributed by atoms with van der Waals surface area (Å²) in [4.78, 5) is 43.2. The van der Waals surface area contributed by atoms with Gasteiger partial charge in [0, 0.05) is 16.6 Å². The van der Waals surface area contributed by atoms with Gasteiger partial charge in [-0.05, 0) is 61.9 Å². The monoisotopic (exact) mass is 412 g/mol. The van der Waals surface area contributed by atoms with Crippen LogP contribution >= 0.6 is 11.6 Å². The fraction of sp³-hybridized carbons (Fsp3) is 0.318. The molecule has 7 heteroatoms. The molecule has 148 valence electrons. The lowest BCUT2D eigenvalue weighted by Gasteiger charge is -2.27. The van der Waals surface area contributed by atoms with Crippen molar-refractivity contribution in [3.05, 3.63) is 64.9 Å². The van der Waals surface area contributed by atoms with Crippen LogP contribution in [-0.4, -0.2) is 41.1 Å². The van der Waals surface area contributed by atoms with Crippen LogP contribution in [0.2, 0.25) is 5.02 Å². The van der Waals surface area contributed by atoms with Gasteiger partial charge in [-0.15, -0.1) is 0 Å². The van der Waals surface area contributed by atoms with Crippen molar-refractivity contribution in [1.82, 2.24) is 4.90 Å². The molecule has 2 aromatic carbocycles. The summed E-state index contributed by atoms with van der Waals surface area (Å²) in [6.07, 6.45) is 1.65. The number of hydrogen-bond acceptors (Lipinski definition) is 4. The van der Waals surface area contributed by atoms with E-state index in [1.165, 1.54) is 29.2 Å². The van der Waals surface area contributed by atoms with E-state index in [-0.39, 0.29) is 23.6 Å². The molecule has 0 aliphatic carbocycles.